The third kappa shape index (κ3) is 4.97. The minimum Gasteiger partial charge on any atom is -0.329 e. The van der Waals surface area contributed by atoms with Crippen molar-refractivity contribution in [3.63, 3.8) is 0 Å². The van der Waals surface area contributed by atoms with Crippen LogP contribution >= 0.6 is 0 Å². The van der Waals surface area contributed by atoms with Crippen LogP contribution < -0.4 is 10.5 Å². The molecule has 2 aromatic heterocycles. The molecule has 0 saturated heterocycles. The van der Waals surface area contributed by atoms with E-state index in [-0.39, 0.29) is 11.8 Å². The Morgan fingerprint density at radius 1 is 1.27 bits per heavy atom. The van der Waals surface area contributed by atoms with Gasteiger partial charge in [-0.25, -0.2) is 18.1 Å². The second kappa shape index (κ2) is 9.11. The normalized spacial score (nSPS) is 12.2. The third-order valence-electron chi connectivity index (χ3n) is 4.89. The van der Waals surface area contributed by atoms with E-state index in [9.17, 15) is 8.42 Å². The predicted molar refractivity (Wildman–Crippen MR) is 122 cm³/mol. The Balaban J connectivity index is 2.10. The van der Waals surface area contributed by atoms with Crippen LogP contribution in [0.15, 0.2) is 36.5 Å². The average molecular weight is 431 g/mol. The molecule has 9 heteroatoms. The van der Waals surface area contributed by atoms with Crippen molar-refractivity contribution in [3.8, 4) is 11.3 Å². The van der Waals surface area contributed by atoms with Crippen LogP contribution in [-0.2, 0) is 16.6 Å². The van der Waals surface area contributed by atoms with E-state index >= 15 is 0 Å². The molecule has 2 heterocycles. The van der Waals surface area contributed by atoms with E-state index in [1.54, 1.807) is 23.9 Å². The molecule has 0 aliphatic heterocycles. The second-order valence-corrected chi connectivity index (χ2v) is 9.72. The fourth-order valence-corrected chi connectivity index (χ4v) is 3.96. The Bertz CT molecular complexity index is 1120. The largest absolute Gasteiger partial charge is 0.329 e. The maximum Gasteiger partial charge on any atom is 0.232 e. The Morgan fingerprint density at radius 2 is 2.03 bits per heavy atom. The van der Waals surface area contributed by atoms with Crippen LogP contribution in [0.2, 0.25) is 0 Å². The summed E-state index contributed by atoms with van der Waals surface area (Å²) in [7, 11) is -1.41. The summed E-state index contributed by atoms with van der Waals surface area (Å²) < 4.78 is 29.0. The zero-order valence-corrected chi connectivity index (χ0v) is 18.8. The van der Waals surface area contributed by atoms with Gasteiger partial charge in [-0.3, -0.25) is 4.72 Å². The SMILES string of the molecule is CCS(=O)(=O)Nc1cc(-c2cccc(CN(C)CCN)c2)nc2c1cnn2C(C)C. The van der Waals surface area contributed by atoms with Crippen LogP contribution in [0.25, 0.3) is 22.3 Å². The van der Waals surface area contributed by atoms with Gasteiger partial charge in [-0.05, 0) is 45.5 Å². The van der Waals surface area contributed by atoms with Crippen LogP contribution in [0, 0.1) is 0 Å². The molecule has 8 nitrogen and oxygen atoms in total. The number of nitrogens with two attached hydrogens (primary N) is 1. The summed E-state index contributed by atoms with van der Waals surface area (Å²) in [4.78, 5) is 6.99. The zero-order chi connectivity index (χ0) is 21.9. The van der Waals surface area contributed by atoms with Gasteiger partial charge in [-0.1, -0.05) is 18.2 Å². The number of nitrogens with zero attached hydrogens (tertiary/aromatic N) is 4. The number of nitrogens with one attached hydrogen (secondary N) is 1. The molecule has 3 N–H and O–H groups in total. The molecule has 0 bridgehead atoms. The Morgan fingerprint density at radius 3 is 2.70 bits per heavy atom. The van der Waals surface area contributed by atoms with Gasteiger partial charge in [0.2, 0.25) is 10.0 Å². The second-order valence-electron chi connectivity index (χ2n) is 7.71. The lowest BCUT2D eigenvalue weighted by Crippen LogP contribution is -2.24. The van der Waals surface area contributed by atoms with Crippen molar-refractivity contribution < 1.29 is 8.42 Å². The van der Waals surface area contributed by atoms with Gasteiger partial charge in [0.1, 0.15) is 0 Å². The van der Waals surface area contributed by atoms with Gasteiger partial charge >= 0.3 is 0 Å². The first-order valence-electron chi connectivity index (χ1n) is 10.1. The van der Waals surface area contributed by atoms with Crippen LogP contribution in [0.1, 0.15) is 32.4 Å². The van der Waals surface area contributed by atoms with E-state index < -0.39 is 10.0 Å². The molecular weight excluding hydrogens is 400 g/mol. The molecule has 0 aliphatic rings. The van der Waals surface area contributed by atoms with Gasteiger partial charge in [0, 0.05) is 31.2 Å². The van der Waals surface area contributed by atoms with E-state index in [2.05, 4.69) is 26.9 Å². The standard InChI is InChI=1S/C21H30N6O2S/c1-5-30(28,29)25-20-12-19(24-21-18(20)13-23-27(21)15(2)3)17-8-6-7-16(11-17)14-26(4)10-9-22/h6-8,11-13,15H,5,9-10,14,22H2,1-4H3,(H,24,25). The molecule has 0 unspecified atom stereocenters. The Hall–Kier alpha value is -2.49. The lowest BCUT2D eigenvalue weighted by atomic mass is 10.1. The van der Waals surface area contributed by atoms with Gasteiger partial charge in [-0.2, -0.15) is 5.10 Å². The monoisotopic (exact) mass is 430 g/mol. The quantitative estimate of drug-likeness (QED) is 0.541. The first-order chi connectivity index (χ1) is 14.2. The van der Waals surface area contributed by atoms with Crippen LogP contribution in [-0.4, -0.2) is 54.0 Å². The number of hydrogen-bond acceptors (Lipinski definition) is 6. The van der Waals surface area contributed by atoms with Crippen molar-refractivity contribution in [2.75, 3.05) is 30.6 Å². The van der Waals surface area contributed by atoms with Crippen LogP contribution in [0.5, 0.6) is 0 Å². The van der Waals surface area contributed by atoms with Crippen molar-refractivity contribution in [2.45, 2.75) is 33.4 Å². The number of rotatable bonds is 9. The van der Waals surface area contributed by atoms with Crippen molar-refractivity contribution in [2.24, 2.45) is 5.73 Å². The van der Waals surface area contributed by atoms with Gasteiger partial charge < -0.3 is 10.6 Å². The summed E-state index contributed by atoms with van der Waals surface area (Å²) in [6, 6.07) is 9.99. The number of likely N-dealkylation sites (N-methyl/N-ethyl adjacent to an activating group) is 1. The summed E-state index contributed by atoms with van der Waals surface area (Å²) in [6.07, 6.45) is 1.66. The number of hydrogen-bond donors (Lipinski definition) is 2. The maximum atomic E-state index is 12.3. The molecule has 3 aromatic rings. The van der Waals surface area contributed by atoms with E-state index in [4.69, 9.17) is 10.7 Å². The minimum absolute atomic E-state index is 0.00652. The van der Waals surface area contributed by atoms with Crippen molar-refractivity contribution in [1.29, 1.82) is 0 Å². The first-order valence-corrected chi connectivity index (χ1v) is 11.8. The summed E-state index contributed by atoms with van der Waals surface area (Å²) in [5.74, 6) is -0.00652. The van der Waals surface area contributed by atoms with E-state index in [0.29, 0.717) is 29.0 Å². The summed E-state index contributed by atoms with van der Waals surface area (Å²) in [6.45, 7) is 7.83. The molecular formula is C21H30N6O2S. The molecule has 162 valence electrons. The highest BCUT2D eigenvalue weighted by Crippen LogP contribution is 2.30. The Kier molecular flexibility index (Phi) is 6.74. The smallest absolute Gasteiger partial charge is 0.232 e. The lowest BCUT2D eigenvalue weighted by Gasteiger charge is -2.16. The highest BCUT2D eigenvalue weighted by Gasteiger charge is 2.17. The highest BCUT2D eigenvalue weighted by molar-refractivity contribution is 7.92. The van der Waals surface area contributed by atoms with Gasteiger partial charge in [-0.15, -0.1) is 0 Å². The molecule has 1 aromatic carbocycles. The molecule has 30 heavy (non-hydrogen) atoms. The van der Waals surface area contributed by atoms with Crippen molar-refractivity contribution in [3.05, 3.63) is 42.1 Å². The maximum absolute atomic E-state index is 12.3. The molecule has 0 spiro atoms. The summed E-state index contributed by atoms with van der Waals surface area (Å²) >= 11 is 0. The fraction of sp³-hybridized carbons (Fsp3) is 0.429. The number of benzene rings is 1. The Labute approximate surface area is 178 Å². The fourth-order valence-electron chi connectivity index (χ4n) is 3.31. The molecule has 0 aliphatic carbocycles. The van der Waals surface area contributed by atoms with E-state index in [0.717, 1.165) is 24.2 Å². The average Bonchev–Trinajstić information content (AvgIpc) is 3.13. The number of aromatic nitrogens is 3. The number of sulfonamides is 1. The summed E-state index contributed by atoms with van der Waals surface area (Å²) in [5, 5.41) is 5.11. The van der Waals surface area contributed by atoms with E-state index in [1.807, 2.05) is 33.0 Å². The molecule has 0 fully saturated rings. The third-order valence-corrected chi connectivity index (χ3v) is 6.18. The number of pyridine rings is 1. The van der Waals surface area contributed by atoms with Gasteiger partial charge in [0.05, 0.1) is 28.7 Å². The first kappa shape index (κ1) is 22.2. The predicted octanol–water partition coefficient (Wildman–Crippen LogP) is 2.83. The van der Waals surface area contributed by atoms with Crippen molar-refractivity contribution in [1.82, 2.24) is 19.7 Å². The molecule has 0 radical (unpaired) electrons. The molecule has 3 rings (SSSR count). The summed E-state index contributed by atoms with van der Waals surface area (Å²) in [5.41, 5.74) is 9.55. The zero-order valence-electron chi connectivity index (χ0n) is 18.0. The minimum atomic E-state index is -3.44. The number of anilines is 1. The van der Waals surface area contributed by atoms with Crippen LogP contribution in [0.3, 0.4) is 0 Å². The molecule has 0 atom stereocenters. The van der Waals surface area contributed by atoms with Crippen molar-refractivity contribution >= 4 is 26.7 Å². The highest BCUT2D eigenvalue weighted by atomic mass is 32.2. The van der Waals surface area contributed by atoms with Gasteiger partial charge in [0.15, 0.2) is 5.65 Å². The van der Waals surface area contributed by atoms with E-state index in [1.165, 1.54) is 0 Å². The topological polar surface area (TPSA) is 106 Å². The lowest BCUT2D eigenvalue weighted by molar-refractivity contribution is 0.336. The van der Waals surface area contributed by atoms with Crippen LogP contribution in [0.4, 0.5) is 5.69 Å². The van der Waals surface area contributed by atoms with Gasteiger partial charge in [0.25, 0.3) is 0 Å². The molecule has 0 amide bonds. The molecule has 0 saturated carbocycles. The number of fused-ring (bicyclic) bond motifs is 1.